The smallest absolute Gasteiger partial charge is 0.338 e. The normalized spacial score (nSPS) is 10.1. The average molecular weight is 216 g/mol. The molecule has 0 bridgehead atoms. The quantitative estimate of drug-likeness (QED) is 0.702. The average Bonchev–Trinajstić information content (AvgIpc) is 2.20. The van der Waals surface area contributed by atoms with Gasteiger partial charge in [0.25, 0.3) is 0 Å². The zero-order valence-corrected chi connectivity index (χ0v) is 7.76. The minimum Gasteiger partial charge on any atom is -0.478 e. The van der Waals surface area contributed by atoms with Gasteiger partial charge in [0.15, 0.2) is 11.6 Å². The van der Waals surface area contributed by atoms with Crippen LogP contribution in [-0.4, -0.2) is 24.2 Å². The third kappa shape index (κ3) is 2.41. The van der Waals surface area contributed by atoms with Crippen LogP contribution < -0.4 is 11.1 Å². The molecule has 0 aromatic heterocycles. The van der Waals surface area contributed by atoms with Gasteiger partial charge in [-0.25, -0.2) is 13.6 Å². The number of carboxylic acid groups (broad SMARTS) is 1. The van der Waals surface area contributed by atoms with Crippen molar-refractivity contribution >= 4 is 11.7 Å². The van der Waals surface area contributed by atoms with Gasteiger partial charge in [0, 0.05) is 13.1 Å². The highest BCUT2D eigenvalue weighted by atomic mass is 19.2. The summed E-state index contributed by atoms with van der Waals surface area (Å²) >= 11 is 0. The van der Waals surface area contributed by atoms with Gasteiger partial charge in [0.05, 0.1) is 11.3 Å². The number of nitrogens with one attached hydrogen (secondary N) is 1. The molecule has 6 heteroatoms. The van der Waals surface area contributed by atoms with Crippen LogP contribution in [-0.2, 0) is 0 Å². The van der Waals surface area contributed by atoms with Gasteiger partial charge in [-0.3, -0.25) is 0 Å². The number of aromatic carboxylic acids is 1. The summed E-state index contributed by atoms with van der Waals surface area (Å²) < 4.78 is 26.3. The molecule has 0 aliphatic heterocycles. The molecule has 15 heavy (non-hydrogen) atoms. The van der Waals surface area contributed by atoms with Gasteiger partial charge >= 0.3 is 5.97 Å². The van der Waals surface area contributed by atoms with E-state index in [1.165, 1.54) is 0 Å². The van der Waals surface area contributed by atoms with E-state index in [1.54, 1.807) is 0 Å². The summed E-state index contributed by atoms with van der Waals surface area (Å²) in [5.41, 5.74) is 4.39. The summed E-state index contributed by atoms with van der Waals surface area (Å²) in [6, 6.07) is 2.16. The van der Waals surface area contributed by atoms with E-state index in [0.717, 1.165) is 12.1 Å². The number of benzene rings is 1. The van der Waals surface area contributed by atoms with Gasteiger partial charge in [-0.15, -0.1) is 0 Å². The van der Waals surface area contributed by atoms with Crippen LogP contribution in [0.15, 0.2) is 12.1 Å². The molecule has 4 nitrogen and oxygen atoms in total. The van der Waals surface area contributed by atoms with Crippen molar-refractivity contribution in [2.75, 3.05) is 18.4 Å². The third-order valence-corrected chi connectivity index (χ3v) is 1.77. The Morgan fingerprint density at radius 2 is 2.07 bits per heavy atom. The van der Waals surface area contributed by atoms with Gasteiger partial charge in [-0.05, 0) is 12.1 Å². The summed E-state index contributed by atoms with van der Waals surface area (Å²) in [5, 5.41) is 11.0. The highest BCUT2D eigenvalue weighted by molar-refractivity contribution is 5.88. The standard InChI is InChI=1S/C9H10F2N2O2/c10-7-5(9(14)15)1-2-6(8(7)11)13-4-3-12/h1-2,13H,3-4,12H2,(H,14,15). The van der Waals surface area contributed by atoms with Crippen LogP contribution in [0.3, 0.4) is 0 Å². The highest BCUT2D eigenvalue weighted by Gasteiger charge is 2.17. The summed E-state index contributed by atoms with van der Waals surface area (Å²) in [5.74, 6) is -4.08. The Bertz CT molecular complexity index is 383. The molecule has 0 heterocycles. The Hall–Kier alpha value is -1.69. The number of anilines is 1. The number of carboxylic acids is 1. The molecule has 82 valence electrons. The van der Waals surface area contributed by atoms with Gasteiger partial charge in [-0.1, -0.05) is 0 Å². The topological polar surface area (TPSA) is 75.3 Å². The SMILES string of the molecule is NCCNc1ccc(C(=O)O)c(F)c1F. The molecular formula is C9H10F2N2O2. The van der Waals surface area contributed by atoms with E-state index in [-0.39, 0.29) is 18.8 Å². The lowest BCUT2D eigenvalue weighted by Crippen LogP contribution is -2.15. The number of hydrogen-bond donors (Lipinski definition) is 3. The van der Waals surface area contributed by atoms with E-state index in [2.05, 4.69) is 5.32 Å². The number of hydrogen-bond acceptors (Lipinski definition) is 3. The second-order valence-electron chi connectivity index (χ2n) is 2.81. The molecule has 0 unspecified atom stereocenters. The van der Waals surface area contributed by atoms with Crippen molar-refractivity contribution < 1.29 is 18.7 Å². The maximum absolute atomic E-state index is 13.2. The molecule has 0 aliphatic carbocycles. The lowest BCUT2D eigenvalue weighted by Gasteiger charge is -2.07. The van der Waals surface area contributed by atoms with Crippen LogP contribution in [0, 0.1) is 11.6 Å². The molecule has 1 rings (SSSR count). The highest BCUT2D eigenvalue weighted by Crippen LogP contribution is 2.20. The lowest BCUT2D eigenvalue weighted by atomic mass is 10.2. The van der Waals surface area contributed by atoms with Crippen LogP contribution in [0.2, 0.25) is 0 Å². The van der Waals surface area contributed by atoms with E-state index in [4.69, 9.17) is 10.8 Å². The molecule has 0 atom stereocenters. The second-order valence-corrected chi connectivity index (χ2v) is 2.81. The molecule has 0 fully saturated rings. The second kappa shape index (κ2) is 4.70. The Labute approximate surface area is 84.7 Å². The zero-order chi connectivity index (χ0) is 11.4. The molecule has 0 aliphatic rings. The first kappa shape index (κ1) is 11.4. The van der Waals surface area contributed by atoms with E-state index in [1.807, 2.05) is 0 Å². The van der Waals surface area contributed by atoms with Crippen molar-refractivity contribution in [2.45, 2.75) is 0 Å². The third-order valence-electron chi connectivity index (χ3n) is 1.77. The van der Waals surface area contributed by atoms with Gasteiger partial charge in [0.1, 0.15) is 0 Å². The Balaban J connectivity index is 3.04. The van der Waals surface area contributed by atoms with Crippen LogP contribution >= 0.6 is 0 Å². The fourth-order valence-corrected chi connectivity index (χ4v) is 1.06. The first-order valence-corrected chi connectivity index (χ1v) is 4.23. The van der Waals surface area contributed by atoms with Crippen molar-refractivity contribution in [3.8, 4) is 0 Å². The van der Waals surface area contributed by atoms with Gasteiger partial charge < -0.3 is 16.2 Å². The van der Waals surface area contributed by atoms with Crippen LogP contribution in [0.4, 0.5) is 14.5 Å². The van der Waals surface area contributed by atoms with E-state index in [9.17, 15) is 13.6 Å². The minimum atomic E-state index is -1.50. The predicted octanol–water partition coefficient (Wildman–Crippen LogP) is 1.03. The summed E-state index contributed by atoms with van der Waals surface area (Å²) in [6.07, 6.45) is 0. The largest absolute Gasteiger partial charge is 0.478 e. The van der Waals surface area contributed by atoms with Crippen molar-refractivity contribution in [3.63, 3.8) is 0 Å². The molecule has 1 aromatic rings. The fourth-order valence-electron chi connectivity index (χ4n) is 1.06. The first-order chi connectivity index (χ1) is 7.07. The van der Waals surface area contributed by atoms with Crippen LogP contribution in [0.25, 0.3) is 0 Å². The van der Waals surface area contributed by atoms with Crippen molar-refractivity contribution in [2.24, 2.45) is 5.73 Å². The molecule has 0 amide bonds. The van der Waals surface area contributed by atoms with E-state index >= 15 is 0 Å². The predicted molar refractivity (Wildman–Crippen MR) is 50.9 cm³/mol. The summed E-state index contributed by atoms with van der Waals surface area (Å²) in [6.45, 7) is 0.546. The molecular weight excluding hydrogens is 206 g/mol. The number of halogens is 2. The Kier molecular flexibility index (Phi) is 3.56. The maximum Gasteiger partial charge on any atom is 0.338 e. The summed E-state index contributed by atoms with van der Waals surface area (Å²) in [7, 11) is 0. The molecule has 0 saturated heterocycles. The molecule has 0 spiro atoms. The first-order valence-electron chi connectivity index (χ1n) is 4.23. The Morgan fingerprint density at radius 3 is 2.60 bits per heavy atom. The van der Waals surface area contributed by atoms with Crippen molar-refractivity contribution in [1.29, 1.82) is 0 Å². The molecule has 1 aromatic carbocycles. The summed E-state index contributed by atoms with van der Waals surface area (Å²) in [4.78, 5) is 10.5. The van der Waals surface area contributed by atoms with Crippen molar-refractivity contribution in [3.05, 3.63) is 29.3 Å². The van der Waals surface area contributed by atoms with E-state index < -0.39 is 23.2 Å². The van der Waals surface area contributed by atoms with Crippen LogP contribution in [0.5, 0.6) is 0 Å². The molecule has 0 saturated carbocycles. The fraction of sp³-hybridized carbons (Fsp3) is 0.222. The monoisotopic (exact) mass is 216 g/mol. The van der Waals surface area contributed by atoms with Gasteiger partial charge in [0.2, 0.25) is 0 Å². The number of carbonyl (C=O) groups is 1. The van der Waals surface area contributed by atoms with Gasteiger partial charge in [-0.2, -0.15) is 0 Å². The van der Waals surface area contributed by atoms with Crippen molar-refractivity contribution in [1.82, 2.24) is 0 Å². The Morgan fingerprint density at radius 1 is 1.40 bits per heavy atom. The zero-order valence-electron chi connectivity index (χ0n) is 7.76. The molecule has 4 N–H and O–H groups in total. The van der Waals surface area contributed by atoms with Crippen LogP contribution in [0.1, 0.15) is 10.4 Å². The maximum atomic E-state index is 13.2. The van der Waals surface area contributed by atoms with E-state index in [0.29, 0.717) is 0 Å². The lowest BCUT2D eigenvalue weighted by molar-refractivity contribution is 0.0690. The number of rotatable bonds is 4. The molecule has 0 radical (unpaired) electrons. The minimum absolute atomic E-state index is 0.0945. The number of nitrogens with two attached hydrogens (primary N) is 1.